The lowest BCUT2D eigenvalue weighted by Crippen LogP contribution is -2.36. The van der Waals surface area contributed by atoms with E-state index in [4.69, 9.17) is 0 Å². The van der Waals surface area contributed by atoms with Crippen molar-refractivity contribution in [1.29, 1.82) is 0 Å². The molecule has 90 valence electrons. The summed E-state index contributed by atoms with van der Waals surface area (Å²) in [6, 6.07) is 0. The van der Waals surface area contributed by atoms with E-state index in [-0.39, 0.29) is 12.2 Å². The van der Waals surface area contributed by atoms with Crippen molar-refractivity contribution in [2.45, 2.75) is 31.5 Å². The van der Waals surface area contributed by atoms with Gasteiger partial charge in [-0.2, -0.15) is 0 Å². The minimum atomic E-state index is -0.300. The molecule has 3 N–H and O–H groups in total. The van der Waals surface area contributed by atoms with E-state index in [0.29, 0.717) is 19.0 Å². The highest BCUT2D eigenvalue weighted by atomic mass is 16.3. The quantitative estimate of drug-likeness (QED) is 0.568. The maximum absolute atomic E-state index is 9.59. The van der Waals surface area contributed by atoms with E-state index in [2.05, 4.69) is 5.32 Å². The highest BCUT2D eigenvalue weighted by molar-refractivity contribution is 4.76. The number of aliphatic hydroxyl groups is 2. The fourth-order valence-corrected chi connectivity index (χ4v) is 2.17. The van der Waals surface area contributed by atoms with Crippen LogP contribution in [0.2, 0.25) is 0 Å². The maximum Gasteiger partial charge on any atom is 0.0791 e. The van der Waals surface area contributed by atoms with E-state index in [1.165, 1.54) is 0 Å². The molecule has 0 aromatic rings. The fourth-order valence-electron chi connectivity index (χ4n) is 2.17. The van der Waals surface area contributed by atoms with E-state index < -0.39 is 0 Å². The van der Waals surface area contributed by atoms with Crippen molar-refractivity contribution in [1.82, 2.24) is 10.2 Å². The van der Waals surface area contributed by atoms with Crippen LogP contribution in [-0.4, -0.2) is 61.1 Å². The van der Waals surface area contributed by atoms with E-state index in [1.807, 2.05) is 19.0 Å². The Morgan fingerprint density at radius 2 is 2.13 bits per heavy atom. The molecule has 0 radical (unpaired) electrons. The van der Waals surface area contributed by atoms with Crippen LogP contribution in [0.15, 0.2) is 0 Å². The Hall–Kier alpha value is -0.160. The zero-order valence-corrected chi connectivity index (χ0v) is 9.82. The predicted octanol–water partition coefficient (Wildman–Crippen LogP) is -0.340. The Balaban J connectivity index is 2.01. The van der Waals surface area contributed by atoms with Crippen LogP contribution in [-0.2, 0) is 0 Å². The molecule has 1 saturated carbocycles. The minimum Gasteiger partial charge on any atom is -0.393 e. The highest BCUT2D eigenvalue weighted by Gasteiger charge is 2.22. The van der Waals surface area contributed by atoms with Crippen LogP contribution in [0.25, 0.3) is 0 Å². The first kappa shape index (κ1) is 12.9. The second kappa shape index (κ2) is 6.43. The Labute approximate surface area is 92.3 Å². The SMILES string of the molecule is CN(C)CC(O)CNCC1CCC(O)C1. The molecule has 4 nitrogen and oxygen atoms in total. The third kappa shape index (κ3) is 5.47. The molecule has 1 aliphatic rings. The van der Waals surface area contributed by atoms with Gasteiger partial charge >= 0.3 is 0 Å². The lowest BCUT2D eigenvalue weighted by atomic mass is 10.1. The average molecular weight is 216 g/mol. The van der Waals surface area contributed by atoms with Crippen LogP contribution in [0.3, 0.4) is 0 Å². The number of hydrogen-bond acceptors (Lipinski definition) is 4. The summed E-state index contributed by atoms with van der Waals surface area (Å²) in [4.78, 5) is 1.98. The number of nitrogens with one attached hydrogen (secondary N) is 1. The summed E-state index contributed by atoms with van der Waals surface area (Å²) in [6.07, 6.45) is 2.57. The van der Waals surface area contributed by atoms with Gasteiger partial charge in [0.05, 0.1) is 12.2 Å². The number of hydrogen-bond donors (Lipinski definition) is 3. The molecular weight excluding hydrogens is 192 g/mol. The summed E-state index contributed by atoms with van der Waals surface area (Å²) >= 11 is 0. The zero-order valence-electron chi connectivity index (χ0n) is 9.82. The van der Waals surface area contributed by atoms with Crippen molar-refractivity contribution in [3.63, 3.8) is 0 Å². The average Bonchev–Trinajstić information content (AvgIpc) is 2.50. The molecular formula is C11H24N2O2. The van der Waals surface area contributed by atoms with E-state index in [0.717, 1.165) is 25.8 Å². The smallest absolute Gasteiger partial charge is 0.0791 e. The topological polar surface area (TPSA) is 55.7 Å². The summed E-state index contributed by atoms with van der Waals surface area (Å²) in [6.45, 7) is 2.26. The Morgan fingerprint density at radius 3 is 2.67 bits per heavy atom. The molecule has 0 aromatic heterocycles. The molecule has 0 bridgehead atoms. The molecule has 1 fully saturated rings. The first-order chi connectivity index (χ1) is 7.08. The van der Waals surface area contributed by atoms with Gasteiger partial charge in [-0.25, -0.2) is 0 Å². The van der Waals surface area contributed by atoms with Crippen molar-refractivity contribution < 1.29 is 10.2 Å². The van der Waals surface area contributed by atoms with Crippen molar-refractivity contribution >= 4 is 0 Å². The Bertz CT molecular complexity index is 176. The monoisotopic (exact) mass is 216 g/mol. The Kier molecular flexibility index (Phi) is 5.53. The Morgan fingerprint density at radius 1 is 1.40 bits per heavy atom. The van der Waals surface area contributed by atoms with Crippen molar-refractivity contribution in [3.8, 4) is 0 Å². The first-order valence-electron chi connectivity index (χ1n) is 5.79. The molecule has 3 atom stereocenters. The van der Waals surface area contributed by atoms with Crippen molar-refractivity contribution in [2.24, 2.45) is 5.92 Å². The van der Waals surface area contributed by atoms with Crippen LogP contribution in [0.4, 0.5) is 0 Å². The van der Waals surface area contributed by atoms with Crippen LogP contribution in [0.1, 0.15) is 19.3 Å². The summed E-state index contributed by atoms with van der Waals surface area (Å²) in [5.41, 5.74) is 0. The molecule has 0 spiro atoms. The summed E-state index contributed by atoms with van der Waals surface area (Å²) in [5, 5.41) is 22.2. The first-order valence-corrected chi connectivity index (χ1v) is 5.79. The number of aliphatic hydroxyl groups excluding tert-OH is 2. The third-order valence-electron chi connectivity index (χ3n) is 2.90. The molecule has 1 aliphatic carbocycles. The van der Waals surface area contributed by atoms with Crippen molar-refractivity contribution in [3.05, 3.63) is 0 Å². The van der Waals surface area contributed by atoms with Gasteiger partial charge < -0.3 is 20.4 Å². The van der Waals surface area contributed by atoms with Gasteiger partial charge in [0.25, 0.3) is 0 Å². The van der Waals surface area contributed by atoms with Gasteiger partial charge in [0.2, 0.25) is 0 Å². The molecule has 4 heteroatoms. The molecule has 0 aliphatic heterocycles. The van der Waals surface area contributed by atoms with Crippen LogP contribution >= 0.6 is 0 Å². The van der Waals surface area contributed by atoms with Crippen LogP contribution in [0.5, 0.6) is 0 Å². The van der Waals surface area contributed by atoms with E-state index in [1.54, 1.807) is 0 Å². The summed E-state index contributed by atoms with van der Waals surface area (Å²) in [7, 11) is 3.91. The summed E-state index contributed by atoms with van der Waals surface area (Å²) < 4.78 is 0. The number of nitrogens with zero attached hydrogens (tertiary/aromatic N) is 1. The molecule has 15 heavy (non-hydrogen) atoms. The van der Waals surface area contributed by atoms with Crippen LogP contribution < -0.4 is 5.32 Å². The largest absolute Gasteiger partial charge is 0.393 e. The second-order valence-corrected chi connectivity index (χ2v) is 4.91. The highest BCUT2D eigenvalue weighted by Crippen LogP contribution is 2.24. The van der Waals surface area contributed by atoms with Gasteiger partial charge in [-0.1, -0.05) is 0 Å². The molecule has 3 unspecified atom stereocenters. The normalized spacial score (nSPS) is 28.6. The van der Waals surface area contributed by atoms with Crippen LogP contribution in [0, 0.1) is 5.92 Å². The zero-order chi connectivity index (χ0) is 11.3. The third-order valence-corrected chi connectivity index (χ3v) is 2.90. The summed E-state index contributed by atoms with van der Waals surface area (Å²) in [5.74, 6) is 0.589. The second-order valence-electron chi connectivity index (χ2n) is 4.91. The molecule has 0 amide bonds. The van der Waals surface area contributed by atoms with E-state index in [9.17, 15) is 10.2 Å². The van der Waals surface area contributed by atoms with Gasteiger partial charge in [0, 0.05) is 13.1 Å². The molecule has 0 heterocycles. The number of likely N-dealkylation sites (N-methyl/N-ethyl adjacent to an activating group) is 1. The minimum absolute atomic E-state index is 0.0940. The lowest BCUT2D eigenvalue weighted by Gasteiger charge is -2.17. The maximum atomic E-state index is 9.59. The van der Waals surface area contributed by atoms with Crippen molar-refractivity contribution in [2.75, 3.05) is 33.7 Å². The van der Waals surface area contributed by atoms with Gasteiger partial charge in [-0.05, 0) is 45.8 Å². The lowest BCUT2D eigenvalue weighted by molar-refractivity contribution is 0.133. The molecule has 0 aromatic carbocycles. The van der Waals surface area contributed by atoms with E-state index >= 15 is 0 Å². The van der Waals surface area contributed by atoms with Gasteiger partial charge in [-0.15, -0.1) is 0 Å². The van der Waals surface area contributed by atoms with Gasteiger partial charge in [0.1, 0.15) is 0 Å². The molecule has 1 rings (SSSR count). The standard InChI is InChI=1S/C11H24N2O2/c1-13(2)8-11(15)7-12-6-9-3-4-10(14)5-9/h9-12,14-15H,3-8H2,1-2H3. The van der Waals surface area contributed by atoms with Gasteiger partial charge in [0.15, 0.2) is 0 Å². The predicted molar refractivity (Wildman–Crippen MR) is 60.8 cm³/mol. The fraction of sp³-hybridized carbons (Fsp3) is 1.00. The van der Waals surface area contributed by atoms with Gasteiger partial charge in [-0.3, -0.25) is 0 Å². The molecule has 0 saturated heterocycles. The number of rotatable bonds is 6.